The van der Waals surface area contributed by atoms with Crippen molar-refractivity contribution in [2.24, 2.45) is 11.8 Å². The number of allylic oxidation sites excluding steroid dienone is 1. The number of anilines is 1. The number of amides is 1. The molecule has 5 rings (SSSR count). The average molecular weight is 685 g/mol. The summed E-state index contributed by atoms with van der Waals surface area (Å²) in [5.74, 6) is -0.149. The summed E-state index contributed by atoms with van der Waals surface area (Å²) in [6.45, 7) is 0.764. The second-order valence-electron chi connectivity index (χ2n) is 12.3. The zero-order valence-corrected chi connectivity index (χ0v) is 27.0. The fraction of sp³-hybridized carbons (Fsp3) is 0.545. The van der Waals surface area contributed by atoms with E-state index in [-0.39, 0.29) is 30.2 Å². The third-order valence-corrected chi connectivity index (χ3v) is 11.3. The van der Waals surface area contributed by atoms with Gasteiger partial charge in [-0.3, -0.25) is 9.53 Å². The number of nitrogens with zero attached hydrogens (tertiary/aromatic N) is 1. The van der Waals surface area contributed by atoms with Gasteiger partial charge in [-0.2, -0.15) is 0 Å². The lowest BCUT2D eigenvalue weighted by Gasteiger charge is -2.42. The van der Waals surface area contributed by atoms with Crippen molar-refractivity contribution in [3.05, 3.63) is 70.3 Å². The molecule has 0 radical (unpaired) electrons. The van der Waals surface area contributed by atoms with E-state index in [0.29, 0.717) is 42.6 Å². The molecular weight excluding hydrogens is 645 g/mol. The van der Waals surface area contributed by atoms with Gasteiger partial charge < -0.3 is 14.7 Å². The first-order valence-electron chi connectivity index (χ1n) is 15.8. The molecule has 2 aromatic rings. The minimum Gasteiger partial charge on any atom is -0.491 e. The number of aryl methyl sites for hydroxylation is 1. The Morgan fingerprint density at radius 2 is 1.89 bits per heavy atom. The molecule has 4 atom stereocenters. The van der Waals surface area contributed by atoms with Crippen LogP contribution in [0.1, 0.15) is 66.4 Å². The van der Waals surface area contributed by atoms with Crippen LogP contribution in [0.4, 0.5) is 18.9 Å². The molecule has 13 heteroatoms. The van der Waals surface area contributed by atoms with Crippen molar-refractivity contribution in [3.63, 3.8) is 0 Å². The fourth-order valence-corrected chi connectivity index (χ4v) is 8.14. The molecule has 1 amide bonds. The van der Waals surface area contributed by atoms with Gasteiger partial charge in [0.2, 0.25) is 10.0 Å². The van der Waals surface area contributed by atoms with E-state index in [1.54, 1.807) is 24.3 Å². The van der Waals surface area contributed by atoms with Gasteiger partial charge in [-0.25, -0.2) is 13.1 Å². The maximum absolute atomic E-state index is 13.4. The number of fused-ring (bicyclic) bond motifs is 3. The highest BCUT2D eigenvalue weighted by Gasteiger charge is 2.37. The Kier molecular flexibility index (Phi) is 11.2. The molecule has 0 saturated heterocycles. The summed E-state index contributed by atoms with van der Waals surface area (Å²) < 4.78 is 76.8. The minimum absolute atomic E-state index is 0.00452. The summed E-state index contributed by atoms with van der Waals surface area (Å²) in [4.78, 5) is 15.5. The van der Waals surface area contributed by atoms with E-state index >= 15 is 0 Å². The second kappa shape index (κ2) is 15.0. The van der Waals surface area contributed by atoms with Crippen LogP contribution >= 0.6 is 11.6 Å². The van der Waals surface area contributed by atoms with Crippen LogP contribution in [0, 0.1) is 11.8 Å². The average Bonchev–Trinajstić information content (AvgIpc) is 2.96. The highest BCUT2D eigenvalue weighted by Crippen LogP contribution is 2.40. The van der Waals surface area contributed by atoms with Crippen molar-refractivity contribution in [3.8, 4) is 5.75 Å². The molecule has 0 unspecified atom stereocenters. The zero-order chi connectivity index (χ0) is 32.9. The second-order valence-corrected chi connectivity index (χ2v) is 14.7. The predicted octanol–water partition coefficient (Wildman–Crippen LogP) is 6.20. The molecule has 0 aromatic heterocycles. The Labute approximate surface area is 272 Å². The van der Waals surface area contributed by atoms with Gasteiger partial charge in [-0.05, 0) is 105 Å². The number of ether oxygens (including phenoxy) is 2. The lowest BCUT2D eigenvalue weighted by atomic mass is 9.70. The smallest absolute Gasteiger partial charge is 0.491 e. The molecule has 1 fully saturated rings. The number of nitrogens with one attached hydrogen (secondary N) is 1. The van der Waals surface area contributed by atoms with E-state index in [0.717, 1.165) is 37.7 Å². The van der Waals surface area contributed by atoms with Crippen molar-refractivity contribution in [2.75, 3.05) is 31.2 Å². The quantitative estimate of drug-likeness (QED) is 0.371. The molecule has 252 valence electrons. The third kappa shape index (κ3) is 8.96. The first-order valence-corrected chi connectivity index (χ1v) is 17.7. The summed E-state index contributed by atoms with van der Waals surface area (Å²) in [5.41, 5.74) is 3.08. The number of hydrogen-bond donors (Lipinski definition) is 2. The van der Waals surface area contributed by atoms with Crippen molar-refractivity contribution < 1.29 is 41.0 Å². The molecule has 2 aromatic carbocycles. The molecule has 2 N–H and O–H groups in total. The first-order chi connectivity index (χ1) is 21.9. The number of hydrogen-bond acceptors (Lipinski definition) is 7. The third-order valence-electron chi connectivity index (χ3n) is 9.22. The number of sulfonamides is 1. The Balaban J connectivity index is 1.47. The maximum Gasteiger partial charge on any atom is 0.522 e. The highest BCUT2D eigenvalue weighted by molar-refractivity contribution is 7.90. The Bertz CT molecular complexity index is 1520. The van der Waals surface area contributed by atoms with Gasteiger partial charge in [-0.15, -0.1) is 13.2 Å². The number of aliphatic hydroxyl groups is 1. The van der Waals surface area contributed by atoms with E-state index in [2.05, 4.69) is 14.4 Å². The summed E-state index contributed by atoms with van der Waals surface area (Å²) in [5, 5.41) is 10.4. The van der Waals surface area contributed by atoms with E-state index in [1.165, 1.54) is 11.6 Å². The minimum atomic E-state index is -4.91. The molecular formula is C33H40ClF3N2O6S. The van der Waals surface area contributed by atoms with E-state index in [1.807, 2.05) is 18.2 Å². The number of halogens is 4. The molecule has 8 nitrogen and oxygen atoms in total. The van der Waals surface area contributed by atoms with Crippen LogP contribution in [-0.2, 0) is 27.6 Å². The van der Waals surface area contributed by atoms with E-state index in [4.69, 9.17) is 16.3 Å². The van der Waals surface area contributed by atoms with Gasteiger partial charge in [0.25, 0.3) is 5.91 Å². The highest BCUT2D eigenvalue weighted by atomic mass is 35.5. The van der Waals surface area contributed by atoms with Crippen LogP contribution in [-0.4, -0.2) is 63.5 Å². The largest absolute Gasteiger partial charge is 0.522 e. The standard InChI is InChI=1S/C33H40ClF3N2O6S/c34-26-11-8-22-14-17-44-31-13-10-24-20-29(31)39(16-4-3-5-23(22)19-26)21-25-9-12-28(25)30(40)7-2-1-6-27(15-18-45-33(35,36)37)46(42,43)38-32(24)41/h2,7-8,10-11,13,19-20,25,27-28,30,40H,1,3-6,9,12,14-18,21H2,(H,38,41)/b7-2+/t25-,27-,28+,30-/m0/s1. The SMILES string of the molecule is O=C1NS(=O)(=O)[C@H](CCOC(F)(F)F)CC/C=C/[C@H](O)[C@@H]2CC[C@H]2CN2CCCCc3cc(Cl)ccc3CCOc3ccc1cc32. The molecule has 46 heavy (non-hydrogen) atoms. The Morgan fingerprint density at radius 3 is 2.65 bits per heavy atom. The Morgan fingerprint density at radius 1 is 1.07 bits per heavy atom. The van der Waals surface area contributed by atoms with E-state index in [9.17, 15) is 31.5 Å². The maximum atomic E-state index is 13.4. The van der Waals surface area contributed by atoms with Crippen LogP contribution in [0.5, 0.6) is 5.75 Å². The summed E-state index contributed by atoms with van der Waals surface area (Å²) in [7, 11) is -4.38. The summed E-state index contributed by atoms with van der Waals surface area (Å²) >= 11 is 6.29. The van der Waals surface area contributed by atoms with Crippen molar-refractivity contribution in [1.29, 1.82) is 0 Å². The first kappa shape index (κ1) is 34.5. The van der Waals surface area contributed by atoms with Gasteiger partial charge in [0.05, 0.1) is 30.3 Å². The molecule has 3 aliphatic rings. The molecule has 1 saturated carbocycles. The van der Waals surface area contributed by atoms with Gasteiger partial charge in [0.1, 0.15) is 5.75 Å². The van der Waals surface area contributed by atoms with Crippen LogP contribution in [0.2, 0.25) is 5.02 Å². The Hall–Kier alpha value is -2.80. The normalized spacial score (nSPS) is 26.5. The van der Waals surface area contributed by atoms with Crippen molar-refractivity contribution in [1.82, 2.24) is 4.72 Å². The lowest BCUT2D eigenvalue weighted by Crippen LogP contribution is -2.43. The molecule has 2 heterocycles. The predicted molar refractivity (Wildman–Crippen MR) is 170 cm³/mol. The number of carbonyl (C=O) groups excluding carboxylic acids is 1. The number of rotatable bonds is 3. The number of carbonyl (C=O) groups is 1. The van der Waals surface area contributed by atoms with Crippen LogP contribution in [0.15, 0.2) is 48.6 Å². The van der Waals surface area contributed by atoms with Crippen LogP contribution in [0.3, 0.4) is 0 Å². The molecule has 2 bridgehead atoms. The topological polar surface area (TPSA) is 105 Å². The summed E-state index contributed by atoms with van der Waals surface area (Å²) in [6, 6.07) is 10.7. The molecule has 0 spiro atoms. The zero-order valence-electron chi connectivity index (χ0n) is 25.5. The van der Waals surface area contributed by atoms with Crippen molar-refractivity contribution in [2.45, 2.75) is 75.5 Å². The van der Waals surface area contributed by atoms with Gasteiger partial charge in [-0.1, -0.05) is 29.8 Å². The lowest BCUT2D eigenvalue weighted by molar-refractivity contribution is -0.324. The van der Waals surface area contributed by atoms with Gasteiger partial charge in [0, 0.05) is 30.1 Å². The van der Waals surface area contributed by atoms with Gasteiger partial charge >= 0.3 is 6.36 Å². The number of benzene rings is 2. The molecule has 1 aliphatic carbocycles. The van der Waals surface area contributed by atoms with Gasteiger partial charge in [0.15, 0.2) is 0 Å². The van der Waals surface area contributed by atoms with Crippen molar-refractivity contribution >= 4 is 33.2 Å². The fourth-order valence-electron chi connectivity index (χ4n) is 6.54. The number of alkyl halides is 3. The molecule has 2 aliphatic heterocycles. The number of aliphatic hydroxyl groups excluding tert-OH is 1. The van der Waals surface area contributed by atoms with Crippen LogP contribution in [0.25, 0.3) is 0 Å². The summed E-state index contributed by atoms with van der Waals surface area (Å²) in [6.07, 6.45) is 2.31. The monoisotopic (exact) mass is 684 g/mol. The van der Waals surface area contributed by atoms with Crippen LogP contribution < -0.4 is 14.4 Å². The van der Waals surface area contributed by atoms with E-state index < -0.39 is 46.7 Å².